The number of aliphatic hydroxyl groups is 1. The topological polar surface area (TPSA) is 77.4 Å². The maximum atomic E-state index is 10.8. The summed E-state index contributed by atoms with van der Waals surface area (Å²) in [5.74, 6) is 0. The standard InChI is InChI=1S/C22H46O4S.K/c1-3-18-22(23)20-17-15-13-11-9-7-5-4-6-8-10-12-14-16-19-21(2)27(24,25)26;/h21-23H,3-20H2,1-2H3,(H,24,25,26);/q;+1/p-1. The van der Waals surface area contributed by atoms with E-state index in [0.29, 0.717) is 6.42 Å². The van der Waals surface area contributed by atoms with E-state index in [1.165, 1.54) is 77.6 Å². The Kier molecular flexibility index (Phi) is 24.6. The Morgan fingerprint density at radius 3 is 1.32 bits per heavy atom. The zero-order chi connectivity index (χ0) is 20.4. The van der Waals surface area contributed by atoms with Crippen LogP contribution >= 0.6 is 0 Å². The Bertz CT molecular complexity index is 415. The van der Waals surface area contributed by atoms with Crippen LogP contribution in [-0.4, -0.2) is 29.4 Å². The molecule has 0 saturated carbocycles. The summed E-state index contributed by atoms with van der Waals surface area (Å²) in [4.78, 5) is 0. The van der Waals surface area contributed by atoms with Crippen LogP contribution in [0.1, 0.15) is 129 Å². The first-order chi connectivity index (χ1) is 12.9. The van der Waals surface area contributed by atoms with E-state index >= 15 is 0 Å². The van der Waals surface area contributed by atoms with Crippen LogP contribution < -0.4 is 51.4 Å². The minimum atomic E-state index is -4.09. The molecule has 0 heterocycles. The fraction of sp³-hybridized carbons (Fsp3) is 1.00. The molecule has 0 amide bonds. The molecule has 164 valence electrons. The molecular formula is C22H45KO4S. The molecule has 1 N–H and O–H groups in total. The van der Waals surface area contributed by atoms with Gasteiger partial charge in [-0.25, -0.2) is 8.42 Å². The van der Waals surface area contributed by atoms with Gasteiger partial charge in [0, 0.05) is 5.25 Å². The molecule has 0 aliphatic rings. The molecule has 0 aromatic carbocycles. The molecular weight excluding hydrogens is 399 g/mol. The van der Waals surface area contributed by atoms with Crippen LogP contribution in [0.15, 0.2) is 0 Å². The van der Waals surface area contributed by atoms with Crippen LogP contribution in [0.3, 0.4) is 0 Å². The van der Waals surface area contributed by atoms with Gasteiger partial charge in [-0.05, 0) is 26.2 Å². The van der Waals surface area contributed by atoms with Crippen LogP contribution in [-0.2, 0) is 10.1 Å². The Morgan fingerprint density at radius 2 is 1.00 bits per heavy atom. The summed E-state index contributed by atoms with van der Waals surface area (Å²) >= 11 is 0. The second-order valence-corrected chi connectivity index (χ2v) is 10.1. The van der Waals surface area contributed by atoms with E-state index in [9.17, 15) is 18.1 Å². The largest absolute Gasteiger partial charge is 1.00 e. The molecule has 0 aliphatic carbocycles. The molecule has 0 spiro atoms. The maximum absolute atomic E-state index is 10.8. The minimum absolute atomic E-state index is 0. The summed E-state index contributed by atoms with van der Waals surface area (Å²) in [7, 11) is -4.09. The van der Waals surface area contributed by atoms with Crippen LogP contribution in [0.5, 0.6) is 0 Å². The van der Waals surface area contributed by atoms with Crippen molar-refractivity contribution < 1.29 is 69.5 Å². The van der Waals surface area contributed by atoms with Crippen molar-refractivity contribution in [3.63, 3.8) is 0 Å². The molecule has 0 aromatic heterocycles. The SMILES string of the molecule is CCCC(O)CCCCCCCCCCCCCCCCC(C)S(=O)(=O)[O-].[K+]. The van der Waals surface area contributed by atoms with Gasteiger partial charge in [0.15, 0.2) is 0 Å². The van der Waals surface area contributed by atoms with Gasteiger partial charge in [-0.3, -0.25) is 0 Å². The fourth-order valence-corrected chi connectivity index (χ4v) is 4.01. The first-order valence-electron chi connectivity index (χ1n) is 11.5. The third kappa shape index (κ3) is 22.2. The molecule has 0 radical (unpaired) electrons. The molecule has 0 aromatic rings. The number of hydrogen-bond acceptors (Lipinski definition) is 4. The molecule has 0 aliphatic heterocycles. The van der Waals surface area contributed by atoms with Crippen LogP contribution in [0.2, 0.25) is 0 Å². The molecule has 2 unspecified atom stereocenters. The number of hydrogen-bond donors (Lipinski definition) is 1. The molecule has 0 bridgehead atoms. The van der Waals surface area contributed by atoms with Gasteiger partial charge >= 0.3 is 51.4 Å². The van der Waals surface area contributed by atoms with E-state index in [0.717, 1.165) is 38.5 Å². The van der Waals surface area contributed by atoms with Crippen LogP contribution in [0, 0.1) is 0 Å². The van der Waals surface area contributed by atoms with Gasteiger partial charge in [0.25, 0.3) is 0 Å². The molecule has 6 heteroatoms. The summed E-state index contributed by atoms with van der Waals surface area (Å²) in [6.45, 7) is 3.64. The second kappa shape index (κ2) is 21.7. The minimum Gasteiger partial charge on any atom is -0.748 e. The van der Waals surface area contributed by atoms with Gasteiger partial charge in [-0.15, -0.1) is 0 Å². The molecule has 28 heavy (non-hydrogen) atoms. The van der Waals surface area contributed by atoms with Crippen molar-refractivity contribution in [2.75, 3.05) is 0 Å². The Morgan fingerprint density at radius 1 is 0.679 bits per heavy atom. The third-order valence-electron chi connectivity index (χ3n) is 5.51. The summed E-state index contributed by atoms with van der Waals surface area (Å²) in [6.07, 6.45) is 20.7. The van der Waals surface area contributed by atoms with E-state index < -0.39 is 15.4 Å². The van der Waals surface area contributed by atoms with Gasteiger partial charge in [-0.2, -0.15) is 0 Å². The average Bonchev–Trinajstić information content (AvgIpc) is 2.60. The van der Waals surface area contributed by atoms with Gasteiger partial charge in [0.1, 0.15) is 0 Å². The first kappa shape index (κ1) is 31.7. The van der Waals surface area contributed by atoms with E-state index in [1.54, 1.807) is 0 Å². The van der Waals surface area contributed by atoms with Crippen molar-refractivity contribution in [2.24, 2.45) is 0 Å². The zero-order valence-corrected chi connectivity index (χ0v) is 22.9. The van der Waals surface area contributed by atoms with Crippen molar-refractivity contribution in [3.8, 4) is 0 Å². The van der Waals surface area contributed by atoms with Crippen LogP contribution in [0.4, 0.5) is 0 Å². The number of unbranched alkanes of at least 4 members (excludes halogenated alkanes) is 13. The van der Waals surface area contributed by atoms with Crippen molar-refractivity contribution in [3.05, 3.63) is 0 Å². The first-order valence-corrected chi connectivity index (χ1v) is 13.0. The Labute approximate surface area is 218 Å². The van der Waals surface area contributed by atoms with E-state index in [1.807, 2.05) is 0 Å². The molecule has 0 saturated heterocycles. The van der Waals surface area contributed by atoms with E-state index in [2.05, 4.69) is 6.92 Å². The maximum Gasteiger partial charge on any atom is 1.00 e. The van der Waals surface area contributed by atoms with E-state index in [4.69, 9.17) is 0 Å². The van der Waals surface area contributed by atoms with E-state index in [-0.39, 0.29) is 57.5 Å². The smallest absolute Gasteiger partial charge is 0.748 e. The summed E-state index contributed by atoms with van der Waals surface area (Å²) in [5.41, 5.74) is 0. The molecule has 0 rings (SSSR count). The molecule has 2 atom stereocenters. The summed E-state index contributed by atoms with van der Waals surface area (Å²) in [5, 5.41) is 8.94. The normalized spacial score (nSPS) is 13.9. The van der Waals surface area contributed by atoms with Crippen molar-refractivity contribution in [2.45, 2.75) is 141 Å². The van der Waals surface area contributed by atoms with Gasteiger partial charge in [0.2, 0.25) is 0 Å². The quantitative estimate of drug-likeness (QED) is 0.177. The Hall–Kier alpha value is 1.51. The van der Waals surface area contributed by atoms with Crippen molar-refractivity contribution >= 4 is 10.1 Å². The van der Waals surface area contributed by atoms with Crippen molar-refractivity contribution in [1.82, 2.24) is 0 Å². The third-order valence-corrected chi connectivity index (χ3v) is 6.73. The average molecular weight is 445 g/mol. The number of aliphatic hydroxyl groups excluding tert-OH is 1. The number of rotatable bonds is 20. The fourth-order valence-electron chi connectivity index (χ4n) is 3.55. The Balaban J connectivity index is 0. The zero-order valence-electron chi connectivity index (χ0n) is 19.0. The molecule has 0 fully saturated rings. The summed E-state index contributed by atoms with van der Waals surface area (Å²) in [6, 6.07) is 0. The van der Waals surface area contributed by atoms with Gasteiger partial charge < -0.3 is 9.66 Å². The predicted molar refractivity (Wildman–Crippen MR) is 114 cm³/mol. The predicted octanol–water partition coefficient (Wildman–Crippen LogP) is 3.33. The van der Waals surface area contributed by atoms with Crippen molar-refractivity contribution in [1.29, 1.82) is 0 Å². The van der Waals surface area contributed by atoms with Gasteiger partial charge in [-0.1, -0.05) is 103 Å². The monoisotopic (exact) mass is 444 g/mol. The van der Waals surface area contributed by atoms with Gasteiger partial charge in [0.05, 0.1) is 16.2 Å². The summed E-state index contributed by atoms with van der Waals surface area (Å²) < 4.78 is 32.4. The molecule has 4 nitrogen and oxygen atoms in total. The van der Waals surface area contributed by atoms with Crippen LogP contribution in [0.25, 0.3) is 0 Å². The second-order valence-electron chi connectivity index (χ2n) is 8.27.